The normalized spacial score (nSPS) is 10.5. The summed E-state index contributed by atoms with van der Waals surface area (Å²) in [7, 11) is 0. The first-order valence-electron chi connectivity index (χ1n) is 7.57. The lowest BCUT2D eigenvalue weighted by Gasteiger charge is -2.06. The third kappa shape index (κ3) is 3.11. The molecule has 10 nitrogen and oxygen atoms in total. The van der Waals surface area contributed by atoms with E-state index in [0.717, 1.165) is 0 Å². The molecule has 0 bridgehead atoms. The van der Waals surface area contributed by atoms with Gasteiger partial charge in [-0.3, -0.25) is 9.78 Å². The number of nitrogens with zero attached hydrogens (tertiary/aromatic N) is 8. The molecule has 0 aliphatic carbocycles. The molecular weight excluding hydrogens is 334 g/mol. The van der Waals surface area contributed by atoms with Crippen LogP contribution in [0, 0.1) is 0 Å². The van der Waals surface area contributed by atoms with Gasteiger partial charge in [-0.05, 0) is 40.8 Å². The number of amides is 1. The molecule has 0 saturated carbocycles. The lowest BCUT2D eigenvalue weighted by atomic mass is 10.3. The molecule has 0 atom stereocenters. The highest BCUT2D eigenvalue weighted by Crippen LogP contribution is 2.13. The molecule has 0 fully saturated rings. The maximum atomic E-state index is 12.5. The van der Waals surface area contributed by atoms with Crippen molar-refractivity contribution >= 4 is 11.7 Å². The number of hydrogen-bond donors (Lipinski definition) is 1. The van der Waals surface area contributed by atoms with Crippen molar-refractivity contribution < 1.29 is 4.79 Å². The van der Waals surface area contributed by atoms with Gasteiger partial charge in [0.15, 0.2) is 11.6 Å². The minimum atomic E-state index is -0.522. The summed E-state index contributed by atoms with van der Waals surface area (Å²) in [5.41, 5.74) is 0.599. The predicted molar refractivity (Wildman–Crippen MR) is 90.2 cm³/mol. The van der Waals surface area contributed by atoms with E-state index in [2.05, 4.69) is 40.8 Å². The van der Waals surface area contributed by atoms with Gasteiger partial charge in [-0.1, -0.05) is 12.1 Å². The Morgan fingerprint density at radius 2 is 1.77 bits per heavy atom. The Labute approximate surface area is 147 Å². The molecular formula is C16H11N9O. The van der Waals surface area contributed by atoms with Gasteiger partial charge in [0.1, 0.15) is 11.5 Å². The fourth-order valence-electron chi connectivity index (χ4n) is 2.18. The Morgan fingerprint density at radius 3 is 2.54 bits per heavy atom. The summed E-state index contributed by atoms with van der Waals surface area (Å²) in [6, 6.07) is 12.2. The van der Waals surface area contributed by atoms with Crippen LogP contribution in [0.3, 0.4) is 0 Å². The SMILES string of the molecule is O=C(Nc1ccnc(-c2ccccn2)n1)c1nnnn1-c1ccccn1. The van der Waals surface area contributed by atoms with Crippen LogP contribution in [0.1, 0.15) is 10.6 Å². The van der Waals surface area contributed by atoms with Crippen LogP contribution in [0.25, 0.3) is 17.3 Å². The van der Waals surface area contributed by atoms with Gasteiger partial charge in [0.05, 0.1) is 0 Å². The molecule has 0 aromatic carbocycles. The Hall–Kier alpha value is -4.08. The van der Waals surface area contributed by atoms with E-state index in [9.17, 15) is 4.79 Å². The van der Waals surface area contributed by atoms with Crippen molar-refractivity contribution in [2.24, 2.45) is 0 Å². The van der Waals surface area contributed by atoms with E-state index in [-0.39, 0.29) is 5.82 Å². The highest BCUT2D eigenvalue weighted by molar-refractivity contribution is 6.01. The van der Waals surface area contributed by atoms with E-state index in [1.54, 1.807) is 48.8 Å². The standard InChI is InChI=1S/C16H11N9O/c26-16(15-22-23-24-25(15)13-6-2-4-9-18-13)21-12-7-10-19-14(20-12)11-5-1-3-8-17-11/h1-10H,(H,19,20,21,26). The number of rotatable bonds is 4. The average Bonchev–Trinajstić information content (AvgIpc) is 3.20. The fourth-order valence-corrected chi connectivity index (χ4v) is 2.18. The molecule has 4 aromatic rings. The molecule has 4 aromatic heterocycles. The highest BCUT2D eigenvalue weighted by atomic mass is 16.2. The second-order valence-electron chi connectivity index (χ2n) is 5.04. The molecule has 0 spiro atoms. The second kappa shape index (κ2) is 6.81. The van der Waals surface area contributed by atoms with Gasteiger partial charge in [-0.2, -0.15) is 4.68 Å². The number of carbonyl (C=O) groups excluding carboxylic acids is 1. The summed E-state index contributed by atoms with van der Waals surface area (Å²) in [4.78, 5) is 29.3. The summed E-state index contributed by atoms with van der Waals surface area (Å²) in [5.74, 6) is 0.599. The van der Waals surface area contributed by atoms with E-state index >= 15 is 0 Å². The Balaban J connectivity index is 1.60. The Bertz CT molecular complexity index is 1030. The number of hydrogen-bond acceptors (Lipinski definition) is 8. The molecule has 1 N–H and O–H groups in total. The first kappa shape index (κ1) is 15.4. The molecule has 0 saturated heterocycles. The van der Waals surface area contributed by atoms with Crippen molar-refractivity contribution in [1.82, 2.24) is 40.1 Å². The van der Waals surface area contributed by atoms with Crippen LogP contribution >= 0.6 is 0 Å². The molecule has 0 aliphatic rings. The van der Waals surface area contributed by atoms with Crippen molar-refractivity contribution in [3.63, 3.8) is 0 Å². The summed E-state index contributed by atoms with van der Waals surface area (Å²) < 4.78 is 1.25. The maximum absolute atomic E-state index is 12.5. The number of aromatic nitrogens is 8. The van der Waals surface area contributed by atoms with E-state index in [4.69, 9.17) is 0 Å². The molecule has 0 aliphatic heterocycles. The molecule has 4 rings (SSSR count). The van der Waals surface area contributed by atoms with E-state index < -0.39 is 5.91 Å². The lowest BCUT2D eigenvalue weighted by molar-refractivity contribution is 0.101. The van der Waals surface area contributed by atoms with Gasteiger partial charge in [0, 0.05) is 18.6 Å². The summed E-state index contributed by atoms with van der Waals surface area (Å²) in [6.07, 6.45) is 4.77. The molecule has 10 heteroatoms. The zero-order chi connectivity index (χ0) is 17.8. The van der Waals surface area contributed by atoms with Crippen LogP contribution in [0.15, 0.2) is 61.1 Å². The summed E-state index contributed by atoms with van der Waals surface area (Å²) >= 11 is 0. The fraction of sp³-hybridized carbons (Fsp3) is 0. The number of tetrazole rings is 1. The third-order valence-corrected chi connectivity index (χ3v) is 3.33. The molecule has 126 valence electrons. The topological polar surface area (TPSA) is 124 Å². The minimum absolute atomic E-state index is 0.0123. The first-order chi connectivity index (χ1) is 12.8. The van der Waals surface area contributed by atoms with Crippen molar-refractivity contribution in [1.29, 1.82) is 0 Å². The smallest absolute Gasteiger partial charge is 0.296 e. The number of carbonyl (C=O) groups is 1. The molecule has 26 heavy (non-hydrogen) atoms. The van der Waals surface area contributed by atoms with E-state index in [1.165, 1.54) is 10.9 Å². The first-order valence-corrected chi connectivity index (χ1v) is 7.57. The summed E-state index contributed by atoms with van der Waals surface area (Å²) in [5, 5.41) is 13.8. The van der Waals surface area contributed by atoms with Gasteiger partial charge in [-0.15, -0.1) is 5.10 Å². The zero-order valence-electron chi connectivity index (χ0n) is 13.3. The quantitative estimate of drug-likeness (QED) is 0.584. The van der Waals surface area contributed by atoms with Crippen molar-refractivity contribution in [3.05, 3.63) is 66.9 Å². The van der Waals surface area contributed by atoms with Crippen LogP contribution in [0.2, 0.25) is 0 Å². The zero-order valence-corrected chi connectivity index (χ0v) is 13.3. The number of nitrogens with one attached hydrogen (secondary N) is 1. The molecule has 0 radical (unpaired) electrons. The molecule has 1 amide bonds. The highest BCUT2D eigenvalue weighted by Gasteiger charge is 2.18. The van der Waals surface area contributed by atoms with Crippen molar-refractivity contribution in [2.45, 2.75) is 0 Å². The summed E-state index contributed by atoms with van der Waals surface area (Å²) in [6.45, 7) is 0. The molecule has 4 heterocycles. The third-order valence-electron chi connectivity index (χ3n) is 3.33. The van der Waals surface area contributed by atoms with Crippen molar-refractivity contribution in [3.8, 4) is 17.3 Å². The van der Waals surface area contributed by atoms with Gasteiger partial charge in [0.25, 0.3) is 5.91 Å². The largest absolute Gasteiger partial charge is 0.304 e. The van der Waals surface area contributed by atoms with E-state index in [1.807, 2.05) is 6.07 Å². The van der Waals surface area contributed by atoms with Crippen molar-refractivity contribution in [2.75, 3.05) is 5.32 Å². The van der Waals surface area contributed by atoms with Crippen LogP contribution in [0.4, 0.5) is 5.82 Å². The van der Waals surface area contributed by atoms with Gasteiger partial charge in [-0.25, -0.2) is 15.0 Å². The van der Waals surface area contributed by atoms with Gasteiger partial charge < -0.3 is 5.32 Å². The number of anilines is 1. The minimum Gasteiger partial charge on any atom is -0.304 e. The van der Waals surface area contributed by atoms with Gasteiger partial charge in [0.2, 0.25) is 5.82 Å². The van der Waals surface area contributed by atoms with Crippen LogP contribution < -0.4 is 5.32 Å². The monoisotopic (exact) mass is 345 g/mol. The Morgan fingerprint density at radius 1 is 0.923 bits per heavy atom. The predicted octanol–water partition coefficient (Wildman–Crippen LogP) is 1.16. The number of pyridine rings is 2. The van der Waals surface area contributed by atoms with Gasteiger partial charge >= 0.3 is 0 Å². The van der Waals surface area contributed by atoms with Crippen LogP contribution in [0.5, 0.6) is 0 Å². The van der Waals surface area contributed by atoms with E-state index in [0.29, 0.717) is 23.2 Å². The lowest BCUT2D eigenvalue weighted by Crippen LogP contribution is -2.19. The Kier molecular flexibility index (Phi) is 4.04. The second-order valence-corrected chi connectivity index (χ2v) is 5.04. The van der Waals surface area contributed by atoms with Crippen LogP contribution in [-0.4, -0.2) is 46.1 Å². The van der Waals surface area contributed by atoms with Crippen LogP contribution in [-0.2, 0) is 0 Å². The average molecular weight is 345 g/mol. The maximum Gasteiger partial charge on any atom is 0.296 e. The molecule has 0 unspecified atom stereocenters.